The topological polar surface area (TPSA) is 68.3 Å². The lowest BCUT2D eigenvalue weighted by molar-refractivity contribution is -0.129. The van der Waals surface area contributed by atoms with Crippen LogP contribution in [0.2, 0.25) is 0 Å². The summed E-state index contributed by atoms with van der Waals surface area (Å²) in [7, 11) is 0. The minimum atomic E-state index is -0.0658. The number of rotatable bonds is 10. The molecule has 37 heavy (non-hydrogen) atoms. The molecule has 3 rings (SSSR count). The van der Waals surface area contributed by atoms with Crippen LogP contribution < -0.4 is 0 Å². The maximum Gasteiger partial charge on any atom is 0.163 e. The summed E-state index contributed by atoms with van der Waals surface area (Å²) in [5, 5.41) is 0. The first kappa shape index (κ1) is 30.3. The highest BCUT2D eigenvalue weighted by molar-refractivity contribution is 6.00. The smallest absolute Gasteiger partial charge is 0.163 e. The van der Waals surface area contributed by atoms with Gasteiger partial charge in [0.1, 0.15) is 11.6 Å². The second-order valence-corrected chi connectivity index (χ2v) is 10.8. The van der Waals surface area contributed by atoms with Gasteiger partial charge in [-0.2, -0.15) is 0 Å². The molecule has 0 N–H and O–H groups in total. The predicted octanol–water partition coefficient (Wildman–Crippen LogP) is 7.63. The van der Waals surface area contributed by atoms with E-state index in [0.717, 1.165) is 48.8 Å². The van der Waals surface area contributed by atoms with Gasteiger partial charge in [-0.3, -0.25) is 19.2 Å². The Morgan fingerprint density at radius 3 is 2.05 bits per heavy atom. The fourth-order valence-corrected chi connectivity index (χ4v) is 5.68. The first-order valence-electron chi connectivity index (χ1n) is 13.7. The Morgan fingerprint density at radius 2 is 1.51 bits per heavy atom. The first-order chi connectivity index (χ1) is 17.5. The molecule has 0 bridgehead atoms. The van der Waals surface area contributed by atoms with E-state index >= 15 is 0 Å². The summed E-state index contributed by atoms with van der Waals surface area (Å²) in [5.41, 5.74) is 6.37. The highest BCUT2D eigenvalue weighted by Gasteiger charge is 2.33. The first-order valence-corrected chi connectivity index (χ1v) is 13.7. The van der Waals surface area contributed by atoms with Crippen molar-refractivity contribution in [2.24, 2.45) is 17.8 Å². The average Bonchev–Trinajstić information content (AvgIpc) is 2.82. The summed E-state index contributed by atoms with van der Waals surface area (Å²) in [5.74, 6) is 0.891. The van der Waals surface area contributed by atoms with E-state index in [0.29, 0.717) is 12.3 Å². The highest BCUT2D eigenvalue weighted by Crippen LogP contribution is 2.37. The van der Waals surface area contributed by atoms with Crippen LogP contribution in [0, 0.1) is 38.5 Å². The lowest BCUT2D eigenvalue weighted by atomic mass is 9.71. The van der Waals surface area contributed by atoms with Gasteiger partial charge in [0, 0.05) is 23.5 Å². The summed E-state index contributed by atoms with van der Waals surface area (Å²) < 4.78 is 0. The van der Waals surface area contributed by atoms with E-state index in [4.69, 9.17) is 0 Å². The minimum absolute atomic E-state index is 0.0451. The normalized spacial score (nSPS) is 16.2. The molecular formula is C33H44O4. The van der Waals surface area contributed by atoms with Gasteiger partial charge < -0.3 is 0 Å². The van der Waals surface area contributed by atoms with Crippen LogP contribution in [0.1, 0.15) is 109 Å². The molecule has 2 aromatic carbocycles. The van der Waals surface area contributed by atoms with E-state index < -0.39 is 0 Å². The number of carbonyl (C=O) groups is 4. The van der Waals surface area contributed by atoms with Gasteiger partial charge in [0.15, 0.2) is 11.6 Å². The Balaban J connectivity index is 0.000000402. The van der Waals surface area contributed by atoms with Crippen LogP contribution in [0.3, 0.4) is 0 Å². The van der Waals surface area contributed by atoms with E-state index in [-0.39, 0.29) is 41.4 Å². The van der Waals surface area contributed by atoms with Crippen LogP contribution >= 0.6 is 0 Å². The third-order valence-electron chi connectivity index (χ3n) is 7.60. The second-order valence-electron chi connectivity index (χ2n) is 10.8. The fraction of sp³-hybridized carbons (Fsp3) is 0.515. The Labute approximate surface area is 223 Å². The van der Waals surface area contributed by atoms with E-state index in [1.54, 1.807) is 6.92 Å². The molecule has 1 aliphatic rings. The third-order valence-corrected chi connectivity index (χ3v) is 7.60. The molecule has 200 valence electrons. The highest BCUT2D eigenvalue weighted by atomic mass is 16.1. The summed E-state index contributed by atoms with van der Waals surface area (Å²) in [6.07, 6.45) is 5.21. The van der Waals surface area contributed by atoms with Crippen molar-refractivity contribution in [2.45, 2.75) is 93.4 Å². The quantitative estimate of drug-likeness (QED) is 0.246. The lowest BCUT2D eigenvalue weighted by Gasteiger charge is -2.32. The lowest BCUT2D eigenvalue weighted by Crippen LogP contribution is -2.30. The summed E-state index contributed by atoms with van der Waals surface area (Å²) in [6, 6.07) is 11.7. The maximum atomic E-state index is 12.8. The van der Waals surface area contributed by atoms with Crippen molar-refractivity contribution in [1.82, 2.24) is 0 Å². The largest absolute Gasteiger partial charge is 0.300 e. The number of hydrogen-bond acceptors (Lipinski definition) is 4. The molecule has 0 fully saturated rings. The maximum absolute atomic E-state index is 12.8. The zero-order valence-corrected chi connectivity index (χ0v) is 23.8. The molecule has 0 heterocycles. The number of hydrogen-bond donors (Lipinski definition) is 0. The number of carbonyl (C=O) groups excluding carboxylic acids is 4. The minimum Gasteiger partial charge on any atom is -0.300 e. The van der Waals surface area contributed by atoms with Gasteiger partial charge in [-0.25, -0.2) is 0 Å². The van der Waals surface area contributed by atoms with Crippen LogP contribution in [-0.4, -0.2) is 23.1 Å². The van der Waals surface area contributed by atoms with Crippen molar-refractivity contribution < 1.29 is 19.2 Å². The number of benzene rings is 2. The average molecular weight is 505 g/mol. The molecule has 0 radical (unpaired) electrons. The molecule has 4 heteroatoms. The van der Waals surface area contributed by atoms with Crippen molar-refractivity contribution in [3.8, 4) is 0 Å². The molecule has 2 aromatic rings. The monoisotopic (exact) mass is 504 g/mol. The van der Waals surface area contributed by atoms with Gasteiger partial charge in [-0.1, -0.05) is 68.7 Å². The molecule has 4 nitrogen and oxygen atoms in total. The molecule has 3 unspecified atom stereocenters. The van der Waals surface area contributed by atoms with Crippen LogP contribution in [0.15, 0.2) is 36.4 Å². The van der Waals surface area contributed by atoms with Gasteiger partial charge in [-0.05, 0) is 82.4 Å². The number of ketones is 4. The van der Waals surface area contributed by atoms with Gasteiger partial charge in [0.05, 0.1) is 6.42 Å². The number of fused-ring (bicyclic) bond motifs is 1. The number of aryl methyl sites for hydroxylation is 3. The van der Waals surface area contributed by atoms with Crippen molar-refractivity contribution in [3.63, 3.8) is 0 Å². The van der Waals surface area contributed by atoms with Gasteiger partial charge in [-0.15, -0.1) is 0 Å². The summed E-state index contributed by atoms with van der Waals surface area (Å²) in [6.45, 7) is 13.4. The van der Waals surface area contributed by atoms with E-state index in [9.17, 15) is 19.2 Å². The van der Waals surface area contributed by atoms with Crippen molar-refractivity contribution >= 4 is 23.1 Å². The molecule has 0 aromatic heterocycles. The SMILES string of the molecule is CC(=O)c1ccc(C)cc1.CCCC(CC1CC(=O)c2c(C)ccc(C)c2C1)C(CC)C(=O)CC(C)=O. The molecule has 0 saturated heterocycles. The van der Waals surface area contributed by atoms with Crippen molar-refractivity contribution in [2.75, 3.05) is 0 Å². The van der Waals surface area contributed by atoms with Crippen LogP contribution in [0.5, 0.6) is 0 Å². The van der Waals surface area contributed by atoms with Gasteiger partial charge >= 0.3 is 0 Å². The Hall–Kier alpha value is -2.88. The second kappa shape index (κ2) is 14.2. The molecule has 3 atom stereocenters. The van der Waals surface area contributed by atoms with Crippen LogP contribution in [0.25, 0.3) is 0 Å². The Bertz CT molecular complexity index is 1110. The molecule has 1 aliphatic carbocycles. The van der Waals surface area contributed by atoms with Crippen LogP contribution in [0.4, 0.5) is 0 Å². The number of Topliss-reactive ketones (excluding diaryl/α,β-unsaturated/α-hetero) is 4. The summed E-state index contributed by atoms with van der Waals surface area (Å²) >= 11 is 0. The third kappa shape index (κ3) is 8.59. The predicted molar refractivity (Wildman–Crippen MR) is 150 cm³/mol. The summed E-state index contributed by atoms with van der Waals surface area (Å²) in [4.78, 5) is 47.6. The standard InChI is InChI=1S/C24H34O3.C9H10O/c1-6-8-19(20(7-2)22(26)11-17(5)25)12-18-13-21-15(3)9-10-16(4)24(21)23(27)14-18;1-7-3-5-9(6-4-7)8(2)10/h9-10,18-20H,6-8,11-14H2,1-5H3;3-6H,1-2H3. The zero-order valence-electron chi connectivity index (χ0n) is 23.8. The van der Waals surface area contributed by atoms with E-state index in [2.05, 4.69) is 19.9 Å². The Morgan fingerprint density at radius 1 is 0.892 bits per heavy atom. The van der Waals surface area contributed by atoms with Gasteiger partial charge in [0.2, 0.25) is 0 Å². The van der Waals surface area contributed by atoms with Crippen molar-refractivity contribution in [1.29, 1.82) is 0 Å². The molecule has 0 spiro atoms. The van der Waals surface area contributed by atoms with Crippen molar-refractivity contribution in [3.05, 3.63) is 69.8 Å². The van der Waals surface area contributed by atoms with E-state index in [1.807, 2.05) is 51.1 Å². The van der Waals surface area contributed by atoms with Crippen LogP contribution in [-0.2, 0) is 16.0 Å². The van der Waals surface area contributed by atoms with Gasteiger partial charge in [0.25, 0.3) is 0 Å². The zero-order chi connectivity index (χ0) is 27.7. The molecular weight excluding hydrogens is 460 g/mol. The fourth-order valence-electron chi connectivity index (χ4n) is 5.68. The molecule has 0 aliphatic heterocycles. The van der Waals surface area contributed by atoms with E-state index in [1.165, 1.54) is 23.6 Å². The Kier molecular flexibility index (Phi) is 11.6. The molecule has 0 saturated carbocycles. The molecule has 0 amide bonds.